The number of H-pyrrole nitrogens is 1. The van der Waals surface area contributed by atoms with Gasteiger partial charge in [-0.2, -0.15) is 18.3 Å². The molecular formula is C12H11F3N4O. The molecule has 106 valence electrons. The first-order valence-electron chi connectivity index (χ1n) is 5.77. The molecule has 0 bridgehead atoms. The zero-order valence-corrected chi connectivity index (χ0v) is 10.2. The fraction of sp³-hybridized carbons (Fsp3) is 0.250. The van der Waals surface area contributed by atoms with Gasteiger partial charge in [0.2, 0.25) is 0 Å². The Morgan fingerprint density at radius 3 is 2.70 bits per heavy atom. The van der Waals surface area contributed by atoms with Crippen molar-refractivity contribution in [3.05, 3.63) is 47.5 Å². The van der Waals surface area contributed by atoms with E-state index >= 15 is 0 Å². The maximum Gasteiger partial charge on any atom is 0.417 e. The monoisotopic (exact) mass is 284 g/mol. The predicted octanol–water partition coefficient (Wildman–Crippen LogP) is 1.80. The molecule has 0 unspecified atom stereocenters. The molecule has 0 atom stereocenters. The van der Waals surface area contributed by atoms with Gasteiger partial charge in [0.05, 0.1) is 11.1 Å². The van der Waals surface area contributed by atoms with E-state index in [2.05, 4.69) is 20.5 Å². The highest BCUT2D eigenvalue weighted by atomic mass is 19.4. The second-order valence-electron chi connectivity index (χ2n) is 3.98. The first-order chi connectivity index (χ1) is 9.48. The fourth-order valence-electron chi connectivity index (χ4n) is 1.67. The summed E-state index contributed by atoms with van der Waals surface area (Å²) in [5, 5.41) is 8.64. The molecule has 0 aliphatic rings. The maximum atomic E-state index is 12.8. The number of hydrogen-bond donors (Lipinski definition) is 2. The van der Waals surface area contributed by atoms with Crippen LogP contribution in [-0.4, -0.2) is 27.6 Å². The fourth-order valence-corrected chi connectivity index (χ4v) is 1.67. The Bertz CT molecular complexity index is 581. The molecule has 1 aromatic carbocycles. The minimum absolute atomic E-state index is 0.167. The number of nitrogens with one attached hydrogen (secondary N) is 2. The summed E-state index contributed by atoms with van der Waals surface area (Å²) in [7, 11) is 0. The number of benzene rings is 1. The van der Waals surface area contributed by atoms with Gasteiger partial charge in [-0.05, 0) is 12.1 Å². The van der Waals surface area contributed by atoms with E-state index in [0.717, 1.165) is 12.1 Å². The van der Waals surface area contributed by atoms with Crippen molar-refractivity contribution in [2.45, 2.75) is 12.6 Å². The molecular weight excluding hydrogens is 273 g/mol. The summed E-state index contributed by atoms with van der Waals surface area (Å²) >= 11 is 0. The summed E-state index contributed by atoms with van der Waals surface area (Å²) in [6.07, 6.45) is -2.88. The molecule has 0 saturated heterocycles. The van der Waals surface area contributed by atoms with Crippen LogP contribution in [0, 0.1) is 0 Å². The molecule has 0 fully saturated rings. The number of aromatic amines is 1. The molecule has 0 spiro atoms. The van der Waals surface area contributed by atoms with Gasteiger partial charge in [0.25, 0.3) is 5.91 Å². The lowest BCUT2D eigenvalue weighted by molar-refractivity contribution is -0.137. The van der Waals surface area contributed by atoms with Crippen LogP contribution in [0.1, 0.15) is 21.7 Å². The van der Waals surface area contributed by atoms with Gasteiger partial charge < -0.3 is 5.32 Å². The molecule has 0 saturated carbocycles. The summed E-state index contributed by atoms with van der Waals surface area (Å²) < 4.78 is 38.3. The van der Waals surface area contributed by atoms with E-state index in [1.165, 1.54) is 18.5 Å². The number of amides is 1. The minimum Gasteiger partial charge on any atom is -0.352 e. The van der Waals surface area contributed by atoms with E-state index in [4.69, 9.17) is 0 Å². The van der Waals surface area contributed by atoms with Crippen LogP contribution in [0.15, 0.2) is 30.6 Å². The molecule has 8 heteroatoms. The van der Waals surface area contributed by atoms with E-state index < -0.39 is 23.2 Å². The van der Waals surface area contributed by atoms with Gasteiger partial charge in [0.15, 0.2) is 0 Å². The van der Waals surface area contributed by atoms with Crippen LogP contribution >= 0.6 is 0 Å². The SMILES string of the molecule is O=C(NCCc1ncn[nH]1)c1ccccc1C(F)(F)F. The zero-order chi connectivity index (χ0) is 14.6. The lowest BCUT2D eigenvalue weighted by Gasteiger charge is -2.12. The highest BCUT2D eigenvalue weighted by Crippen LogP contribution is 2.31. The molecule has 1 heterocycles. The molecule has 2 N–H and O–H groups in total. The summed E-state index contributed by atoms with van der Waals surface area (Å²) in [5.41, 5.74) is -1.34. The number of rotatable bonds is 4. The number of hydrogen-bond acceptors (Lipinski definition) is 3. The molecule has 2 rings (SSSR count). The van der Waals surface area contributed by atoms with Crippen molar-refractivity contribution < 1.29 is 18.0 Å². The van der Waals surface area contributed by atoms with Gasteiger partial charge in [-0.1, -0.05) is 12.1 Å². The molecule has 0 aliphatic heterocycles. The average Bonchev–Trinajstić information content (AvgIpc) is 2.91. The largest absolute Gasteiger partial charge is 0.417 e. The van der Waals surface area contributed by atoms with Crippen molar-refractivity contribution in [1.82, 2.24) is 20.5 Å². The Balaban J connectivity index is 2.02. The third-order valence-corrected chi connectivity index (χ3v) is 2.59. The van der Waals surface area contributed by atoms with Crippen molar-refractivity contribution in [2.75, 3.05) is 6.54 Å². The summed E-state index contributed by atoms with van der Waals surface area (Å²) in [6.45, 7) is 0.167. The molecule has 1 aromatic heterocycles. The zero-order valence-electron chi connectivity index (χ0n) is 10.2. The first kappa shape index (κ1) is 14.0. The van der Waals surface area contributed by atoms with E-state index in [1.807, 2.05) is 0 Å². The predicted molar refractivity (Wildman–Crippen MR) is 63.9 cm³/mol. The van der Waals surface area contributed by atoms with Crippen LogP contribution in [0.25, 0.3) is 0 Å². The molecule has 20 heavy (non-hydrogen) atoms. The molecule has 5 nitrogen and oxygen atoms in total. The van der Waals surface area contributed by atoms with Crippen molar-refractivity contribution >= 4 is 5.91 Å². The quantitative estimate of drug-likeness (QED) is 0.899. The van der Waals surface area contributed by atoms with Gasteiger partial charge in [-0.25, -0.2) is 4.98 Å². The topological polar surface area (TPSA) is 70.7 Å². The van der Waals surface area contributed by atoms with Crippen LogP contribution in [0.3, 0.4) is 0 Å². The normalized spacial score (nSPS) is 11.3. The summed E-state index contributed by atoms with van der Waals surface area (Å²) in [5.74, 6) is -0.216. The number of halogens is 3. The van der Waals surface area contributed by atoms with Crippen LogP contribution in [0.5, 0.6) is 0 Å². The van der Waals surface area contributed by atoms with Gasteiger partial charge >= 0.3 is 6.18 Å². The van der Waals surface area contributed by atoms with Crippen molar-refractivity contribution in [1.29, 1.82) is 0 Å². The number of carbonyl (C=O) groups is 1. The van der Waals surface area contributed by atoms with Gasteiger partial charge in [0.1, 0.15) is 12.2 Å². The highest BCUT2D eigenvalue weighted by Gasteiger charge is 2.34. The lowest BCUT2D eigenvalue weighted by atomic mass is 10.1. The van der Waals surface area contributed by atoms with Gasteiger partial charge in [0, 0.05) is 13.0 Å². The Morgan fingerprint density at radius 2 is 2.05 bits per heavy atom. The third-order valence-electron chi connectivity index (χ3n) is 2.59. The van der Waals surface area contributed by atoms with Crippen LogP contribution < -0.4 is 5.32 Å². The standard InChI is InChI=1S/C12H11F3N4O/c13-12(14,15)9-4-2-1-3-8(9)11(20)16-6-5-10-17-7-18-19-10/h1-4,7H,5-6H2,(H,16,20)(H,17,18,19). The first-order valence-corrected chi connectivity index (χ1v) is 5.77. The molecule has 0 aliphatic carbocycles. The van der Waals surface area contributed by atoms with Crippen LogP contribution in [0.2, 0.25) is 0 Å². The van der Waals surface area contributed by atoms with Crippen LogP contribution in [0.4, 0.5) is 13.2 Å². The minimum atomic E-state index is -4.56. The lowest BCUT2D eigenvalue weighted by Crippen LogP contribution is -2.28. The van der Waals surface area contributed by atoms with E-state index in [9.17, 15) is 18.0 Å². The van der Waals surface area contributed by atoms with Crippen LogP contribution in [-0.2, 0) is 12.6 Å². The smallest absolute Gasteiger partial charge is 0.352 e. The number of aromatic nitrogens is 3. The number of carbonyl (C=O) groups excluding carboxylic acids is 1. The average molecular weight is 284 g/mol. The Labute approximate surface area is 112 Å². The number of nitrogens with zero attached hydrogens (tertiary/aromatic N) is 2. The second-order valence-corrected chi connectivity index (χ2v) is 3.98. The molecule has 0 radical (unpaired) electrons. The Hall–Kier alpha value is -2.38. The summed E-state index contributed by atoms with van der Waals surface area (Å²) in [4.78, 5) is 15.6. The second kappa shape index (κ2) is 5.72. The van der Waals surface area contributed by atoms with E-state index in [0.29, 0.717) is 12.2 Å². The molecule has 1 amide bonds. The Morgan fingerprint density at radius 1 is 1.30 bits per heavy atom. The summed E-state index contributed by atoms with van der Waals surface area (Å²) in [6, 6.07) is 4.66. The van der Waals surface area contributed by atoms with Crippen molar-refractivity contribution in [3.63, 3.8) is 0 Å². The maximum absolute atomic E-state index is 12.8. The van der Waals surface area contributed by atoms with Crippen molar-refractivity contribution in [3.8, 4) is 0 Å². The highest BCUT2D eigenvalue weighted by molar-refractivity contribution is 5.95. The van der Waals surface area contributed by atoms with Crippen molar-refractivity contribution in [2.24, 2.45) is 0 Å². The molecule has 2 aromatic rings. The van der Waals surface area contributed by atoms with E-state index in [-0.39, 0.29) is 6.54 Å². The van der Waals surface area contributed by atoms with Gasteiger partial charge in [-0.15, -0.1) is 0 Å². The Kier molecular flexibility index (Phi) is 4.02. The third kappa shape index (κ3) is 3.34. The van der Waals surface area contributed by atoms with E-state index in [1.54, 1.807) is 0 Å². The number of alkyl halides is 3. The van der Waals surface area contributed by atoms with Gasteiger partial charge in [-0.3, -0.25) is 9.89 Å².